The van der Waals surface area contributed by atoms with Crippen molar-refractivity contribution in [2.75, 3.05) is 11.9 Å². The highest BCUT2D eigenvalue weighted by Gasteiger charge is 2.19. The van der Waals surface area contributed by atoms with E-state index in [4.69, 9.17) is 0 Å². The predicted molar refractivity (Wildman–Crippen MR) is 83.2 cm³/mol. The van der Waals surface area contributed by atoms with Crippen molar-refractivity contribution in [3.05, 3.63) is 47.3 Å². The monoisotopic (exact) mass is 269 g/mol. The van der Waals surface area contributed by atoms with Gasteiger partial charge >= 0.3 is 0 Å². The summed E-state index contributed by atoms with van der Waals surface area (Å²) >= 11 is 0. The zero-order chi connectivity index (χ0) is 13.9. The Morgan fingerprint density at radius 3 is 3.05 bits per heavy atom. The molecule has 1 N–H and O–H groups in total. The van der Waals surface area contributed by atoms with Crippen molar-refractivity contribution in [1.82, 2.24) is 9.78 Å². The molecule has 0 fully saturated rings. The molecule has 1 unspecified atom stereocenters. The topological polar surface area (TPSA) is 29.9 Å². The normalized spacial score (nSPS) is 17.8. The Morgan fingerprint density at radius 1 is 1.35 bits per heavy atom. The molecule has 0 radical (unpaired) electrons. The maximum Gasteiger partial charge on any atom is 0.0853 e. The number of rotatable bonds is 4. The zero-order valence-electron chi connectivity index (χ0n) is 12.4. The van der Waals surface area contributed by atoms with Crippen molar-refractivity contribution < 1.29 is 0 Å². The number of aromatic nitrogens is 2. The van der Waals surface area contributed by atoms with Crippen LogP contribution >= 0.6 is 0 Å². The van der Waals surface area contributed by atoms with Crippen LogP contribution < -0.4 is 5.32 Å². The Kier molecular flexibility index (Phi) is 3.77. The summed E-state index contributed by atoms with van der Waals surface area (Å²) < 4.78 is 1.90. The van der Waals surface area contributed by atoms with E-state index in [1.54, 1.807) is 0 Å². The standard InChI is InChI=1S/C17H23N3/c1-3-16-17(12-20(2)19-16)18-11-14-9-6-8-13-7-4-5-10-15(13)14/h4-5,7,10,12,14,18H,3,6,8-9,11H2,1-2H3. The van der Waals surface area contributed by atoms with E-state index in [9.17, 15) is 0 Å². The second-order valence-corrected chi connectivity index (χ2v) is 5.69. The number of hydrogen-bond donors (Lipinski definition) is 1. The summed E-state index contributed by atoms with van der Waals surface area (Å²) in [5, 5.41) is 8.10. The lowest BCUT2D eigenvalue weighted by molar-refractivity contribution is 0.571. The fourth-order valence-corrected chi connectivity index (χ4v) is 3.24. The van der Waals surface area contributed by atoms with Crippen LogP contribution in [0.2, 0.25) is 0 Å². The molecular weight excluding hydrogens is 246 g/mol. The minimum absolute atomic E-state index is 0.630. The maximum absolute atomic E-state index is 4.49. The molecule has 0 aliphatic heterocycles. The highest BCUT2D eigenvalue weighted by Crippen LogP contribution is 2.31. The first kappa shape index (κ1) is 13.2. The summed E-state index contributed by atoms with van der Waals surface area (Å²) in [7, 11) is 1.99. The SMILES string of the molecule is CCc1nn(C)cc1NCC1CCCc2ccccc21. The van der Waals surface area contributed by atoms with Gasteiger partial charge in [-0.2, -0.15) is 5.10 Å². The van der Waals surface area contributed by atoms with Gasteiger partial charge in [-0.15, -0.1) is 0 Å². The minimum Gasteiger partial charge on any atom is -0.382 e. The Balaban J connectivity index is 1.73. The van der Waals surface area contributed by atoms with Crippen LogP contribution in [0, 0.1) is 0 Å². The smallest absolute Gasteiger partial charge is 0.0853 e. The second kappa shape index (κ2) is 5.70. The molecule has 20 heavy (non-hydrogen) atoms. The molecule has 0 spiro atoms. The molecule has 0 saturated heterocycles. The molecule has 1 aromatic heterocycles. The Labute approximate surface area is 121 Å². The predicted octanol–water partition coefficient (Wildman–Crippen LogP) is 3.51. The summed E-state index contributed by atoms with van der Waals surface area (Å²) in [6, 6.07) is 8.90. The van der Waals surface area contributed by atoms with E-state index in [0.717, 1.165) is 18.7 Å². The fraction of sp³-hybridized carbons (Fsp3) is 0.471. The third kappa shape index (κ3) is 2.58. The number of nitrogens with zero attached hydrogens (tertiary/aromatic N) is 2. The van der Waals surface area contributed by atoms with E-state index >= 15 is 0 Å². The molecule has 0 bridgehead atoms. The average Bonchev–Trinajstić information content (AvgIpc) is 2.85. The first-order valence-corrected chi connectivity index (χ1v) is 7.62. The van der Waals surface area contributed by atoms with Crippen molar-refractivity contribution in [2.45, 2.75) is 38.5 Å². The molecule has 1 heterocycles. The molecule has 1 atom stereocenters. The van der Waals surface area contributed by atoms with Gasteiger partial charge in [-0.1, -0.05) is 31.2 Å². The third-order valence-corrected chi connectivity index (χ3v) is 4.27. The van der Waals surface area contributed by atoms with Crippen LogP contribution in [-0.4, -0.2) is 16.3 Å². The van der Waals surface area contributed by atoms with Gasteiger partial charge in [0, 0.05) is 25.7 Å². The highest BCUT2D eigenvalue weighted by atomic mass is 15.3. The second-order valence-electron chi connectivity index (χ2n) is 5.69. The van der Waals surface area contributed by atoms with E-state index in [0.29, 0.717) is 5.92 Å². The van der Waals surface area contributed by atoms with Crippen molar-refractivity contribution >= 4 is 5.69 Å². The molecule has 3 rings (SSSR count). The lowest BCUT2D eigenvalue weighted by Crippen LogP contribution is -2.18. The molecule has 0 saturated carbocycles. The summed E-state index contributed by atoms with van der Waals surface area (Å²) in [4.78, 5) is 0. The Hall–Kier alpha value is -1.77. The number of anilines is 1. The molecule has 2 aromatic rings. The van der Waals surface area contributed by atoms with Gasteiger partial charge < -0.3 is 5.32 Å². The Bertz CT molecular complexity index is 586. The molecule has 3 heteroatoms. The van der Waals surface area contributed by atoms with E-state index in [1.165, 1.54) is 36.1 Å². The van der Waals surface area contributed by atoms with Crippen molar-refractivity contribution in [1.29, 1.82) is 0 Å². The van der Waals surface area contributed by atoms with Crippen LogP contribution in [0.5, 0.6) is 0 Å². The van der Waals surface area contributed by atoms with Gasteiger partial charge in [0.15, 0.2) is 0 Å². The van der Waals surface area contributed by atoms with E-state index in [1.807, 2.05) is 11.7 Å². The summed E-state index contributed by atoms with van der Waals surface area (Å²) in [6.07, 6.45) is 6.89. The van der Waals surface area contributed by atoms with Gasteiger partial charge in [0.05, 0.1) is 11.4 Å². The third-order valence-electron chi connectivity index (χ3n) is 4.27. The Morgan fingerprint density at radius 2 is 2.20 bits per heavy atom. The van der Waals surface area contributed by atoms with Crippen LogP contribution in [0.3, 0.4) is 0 Å². The van der Waals surface area contributed by atoms with Crippen LogP contribution in [0.1, 0.15) is 42.5 Å². The first-order valence-electron chi connectivity index (χ1n) is 7.62. The van der Waals surface area contributed by atoms with Crippen molar-refractivity contribution in [2.24, 2.45) is 7.05 Å². The number of fused-ring (bicyclic) bond motifs is 1. The molecular formula is C17H23N3. The molecule has 1 aromatic carbocycles. The highest BCUT2D eigenvalue weighted by molar-refractivity contribution is 5.47. The summed E-state index contributed by atoms with van der Waals surface area (Å²) in [6.45, 7) is 3.17. The van der Waals surface area contributed by atoms with E-state index < -0.39 is 0 Å². The number of hydrogen-bond acceptors (Lipinski definition) is 2. The maximum atomic E-state index is 4.49. The average molecular weight is 269 g/mol. The van der Waals surface area contributed by atoms with E-state index in [2.05, 4.69) is 47.8 Å². The molecule has 0 amide bonds. The van der Waals surface area contributed by atoms with Gasteiger partial charge in [0.25, 0.3) is 0 Å². The van der Waals surface area contributed by atoms with Crippen LogP contribution in [0.4, 0.5) is 5.69 Å². The molecule has 3 nitrogen and oxygen atoms in total. The van der Waals surface area contributed by atoms with Crippen molar-refractivity contribution in [3.8, 4) is 0 Å². The van der Waals surface area contributed by atoms with Gasteiger partial charge in [0.1, 0.15) is 0 Å². The zero-order valence-corrected chi connectivity index (χ0v) is 12.4. The molecule has 106 valence electrons. The largest absolute Gasteiger partial charge is 0.382 e. The summed E-state index contributed by atoms with van der Waals surface area (Å²) in [5.41, 5.74) is 5.43. The first-order chi connectivity index (χ1) is 9.78. The molecule has 1 aliphatic carbocycles. The van der Waals surface area contributed by atoms with Crippen LogP contribution in [0.25, 0.3) is 0 Å². The lowest BCUT2D eigenvalue weighted by Gasteiger charge is -2.26. The van der Waals surface area contributed by atoms with Gasteiger partial charge in [0.2, 0.25) is 0 Å². The van der Waals surface area contributed by atoms with Crippen molar-refractivity contribution in [3.63, 3.8) is 0 Å². The quantitative estimate of drug-likeness (QED) is 0.920. The number of aryl methyl sites for hydroxylation is 3. The van der Waals surface area contributed by atoms with Gasteiger partial charge in [-0.3, -0.25) is 4.68 Å². The van der Waals surface area contributed by atoms with Crippen LogP contribution in [-0.2, 0) is 19.9 Å². The van der Waals surface area contributed by atoms with Gasteiger partial charge in [-0.05, 0) is 36.8 Å². The number of benzene rings is 1. The summed E-state index contributed by atoms with van der Waals surface area (Å²) in [5.74, 6) is 0.630. The fourth-order valence-electron chi connectivity index (χ4n) is 3.24. The minimum atomic E-state index is 0.630. The van der Waals surface area contributed by atoms with Gasteiger partial charge in [-0.25, -0.2) is 0 Å². The number of nitrogens with one attached hydrogen (secondary N) is 1. The van der Waals surface area contributed by atoms with E-state index in [-0.39, 0.29) is 0 Å². The van der Waals surface area contributed by atoms with Crippen LogP contribution in [0.15, 0.2) is 30.5 Å². The lowest BCUT2D eigenvalue weighted by atomic mass is 9.83. The molecule has 1 aliphatic rings.